The average molecular weight is 236 g/mol. The van der Waals surface area contributed by atoms with Gasteiger partial charge in [-0.3, -0.25) is 4.79 Å². The van der Waals surface area contributed by atoms with Gasteiger partial charge in [-0.05, 0) is 25.8 Å². The molecule has 0 atom stereocenters. The molecule has 0 bridgehead atoms. The second kappa shape index (κ2) is 4.37. The molecule has 4 nitrogen and oxygen atoms in total. The number of carboxylic acids is 1. The van der Waals surface area contributed by atoms with Crippen LogP contribution in [0.5, 0.6) is 5.75 Å². The molecule has 1 aliphatic rings. The van der Waals surface area contributed by atoms with Gasteiger partial charge in [0.2, 0.25) is 0 Å². The van der Waals surface area contributed by atoms with Crippen LogP contribution in [0.3, 0.4) is 0 Å². The maximum Gasteiger partial charge on any atom is 0.314 e. The fourth-order valence-electron chi connectivity index (χ4n) is 2.40. The first-order chi connectivity index (χ1) is 8.10. The van der Waals surface area contributed by atoms with E-state index in [1.807, 2.05) is 13.0 Å². The number of hydrogen-bond acceptors (Lipinski definition) is 3. The maximum absolute atomic E-state index is 11.4. The molecule has 4 heteroatoms. The maximum atomic E-state index is 11.4. The zero-order valence-corrected chi connectivity index (χ0v) is 9.72. The highest BCUT2D eigenvalue weighted by molar-refractivity contribution is 5.84. The summed E-state index contributed by atoms with van der Waals surface area (Å²) in [4.78, 5) is 11.4. The van der Waals surface area contributed by atoms with E-state index in [4.69, 9.17) is 4.74 Å². The molecule has 2 N–H and O–H groups in total. The standard InChI is InChI=1S/C13H16O4/c1-2-17-11-6-4-3-5-10(11)13(12(15)16)7-9(14)8-13/h3-6,9,14H,2,7-8H2,1H3,(H,15,16). The summed E-state index contributed by atoms with van der Waals surface area (Å²) in [5.74, 6) is -0.292. The van der Waals surface area contributed by atoms with Crippen molar-refractivity contribution in [3.05, 3.63) is 29.8 Å². The summed E-state index contributed by atoms with van der Waals surface area (Å²) in [5.41, 5.74) is -0.315. The van der Waals surface area contributed by atoms with E-state index in [1.54, 1.807) is 18.2 Å². The van der Waals surface area contributed by atoms with Crippen molar-refractivity contribution < 1.29 is 19.7 Å². The van der Waals surface area contributed by atoms with Crippen molar-refractivity contribution in [1.29, 1.82) is 0 Å². The van der Waals surface area contributed by atoms with Crippen LogP contribution in [-0.4, -0.2) is 28.9 Å². The summed E-state index contributed by atoms with van der Waals surface area (Å²) in [6.07, 6.45) is -0.0143. The molecular formula is C13H16O4. The van der Waals surface area contributed by atoms with E-state index in [0.29, 0.717) is 17.9 Å². The van der Waals surface area contributed by atoms with E-state index in [0.717, 1.165) is 0 Å². The predicted molar refractivity (Wildman–Crippen MR) is 62.2 cm³/mol. The van der Waals surface area contributed by atoms with E-state index in [2.05, 4.69) is 0 Å². The molecule has 1 saturated carbocycles. The molecule has 0 aliphatic heterocycles. The molecule has 0 heterocycles. The number of ether oxygens (including phenoxy) is 1. The smallest absolute Gasteiger partial charge is 0.314 e. The van der Waals surface area contributed by atoms with Crippen molar-refractivity contribution in [3.8, 4) is 5.75 Å². The Morgan fingerprint density at radius 1 is 1.47 bits per heavy atom. The topological polar surface area (TPSA) is 66.8 Å². The van der Waals surface area contributed by atoms with E-state index >= 15 is 0 Å². The van der Waals surface area contributed by atoms with Gasteiger partial charge in [0.1, 0.15) is 11.2 Å². The largest absolute Gasteiger partial charge is 0.494 e. The van der Waals surface area contributed by atoms with Gasteiger partial charge in [0.25, 0.3) is 0 Å². The van der Waals surface area contributed by atoms with E-state index < -0.39 is 17.5 Å². The average Bonchev–Trinajstić information content (AvgIpc) is 2.25. The summed E-state index contributed by atoms with van der Waals surface area (Å²) in [6, 6.07) is 7.16. The van der Waals surface area contributed by atoms with Crippen molar-refractivity contribution in [2.24, 2.45) is 0 Å². The van der Waals surface area contributed by atoms with Gasteiger partial charge in [0.15, 0.2) is 0 Å². The lowest BCUT2D eigenvalue weighted by Crippen LogP contribution is -2.50. The number of benzene rings is 1. The lowest BCUT2D eigenvalue weighted by molar-refractivity contribution is -0.153. The SMILES string of the molecule is CCOc1ccccc1C1(C(=O)O)CC(O)C1. The van der Waals surface area contributed by atoms with Crippen molar-refractivity contribution in [2.75, 3.05) is 6.61 Å². The third kappa shape index (κ3) is 1.89. The van der Waals surface area contributed by atoms with Gasteiger partial charge in [0, 0.05) is 5.56 Å². The molecule has 0 saturated heterocycles. The minimum Gasteiger partial charge on any atom is -0.494 e. The number of carboxylic acid groups (broad SMARTS) is 1. The number of hydrogen-bond donors (Lipinski definition) is 2. The van der Waals surface area contributed by atoms with Crippen LogP contribution in [0.25, 0.3) is 0 Å². The number of para-hydroxylation sites is 1. The first kappa shape index (κ1) is 11.9. The third-order valence-corrected chi connectivity index (χ3v) is 3.28. The van der Waals surface area contributed by atoms with Crippen LogP contribution in [0.15, 0.2) is 24.3 Å². The van der Waals surface area contributed by atoms with E-state index in [-0.39, 0.29) is 12.8 Å². The van der Waals surface area contributed by atoms with Crippen LogP contribution in [0.4, 0.5) is 0 Å². The number of carbonyl (C=O) groups is 1. The fourth-order valence-corrected chi connectivity index (χ4v) is 2.40. The number of rotatable bonds is 4. The number of aliphatic carboxylic acids is 1. The van der Waals surface area contributed by atoms with Gasteiger partial charge in [-0.15, -0.1) is 0 Å². The van der Waals surface area contributed by atoms with E-state index in [1.165, 1.54) is 0 Å². The van der Waals surface area contributed by atoms with Crippen LogP contribution in [0.1, 0.15) is 25.3 Å². The second-order valence-corrected chi connectivity index (χ2v) is 4.38. The Hall–Kier alpha value is -1.55. The Balaban J connectivity index is 2.40. The van der Waals surface area contributed by atoms with Gasteiger partial charge < -0.3 is 14.9 Å². The highest BCUT2D eigenvalue weighted by atomic mass is 16.5. The highest BCUT2D eigenvalue weighted by Gasteiger charge is 2.52. The summed E-state index contributed by atoms with van der Waals surface area (Å²) in [5, 5.41) is 18.8. The van der Waals surface area contributed by atoms with Crippen molar-refractivity contribution in [3.63, 3.8) is 0 Å². The lowest BCUT2D eigenvalue weighted by Gasteiger charge is -2.42. The Morgan fingerprint density at radius 2 is 2.12 bits per heavy atom. The number of aliphatic hydroxyl groups is 1. The molecule has 2 rings (SSSR count). The molecule has 1 aliphatic carbocycles. The minimum absolute atomic E-state index is 0.256. The van der Waals surface area contributed by atoms with Gasteiger partial charge in [-0.25, -0.2) is 0 Å². The zero-order chi connectivity index (χ0) is 12.5. The van der Waals surface area contributed by atoms with Crippen LogP contribution in [-0.2, 0) is 10.2 Å². The first-order valence-corrected chi connectivity index (χ1v) is 5.74. The molecule has 17 heavy (non-hydrogen) atoms. The highest BCUT2D eigenvalue weighted by Crippen LogP contribution is 2.47. The molecule has 0 spiro atoms. The van der Waals surface area contributed by atoms with Crippen LogP contribution >= 0.6 is 0 Å². The Kier molecular flexibility index (Phi) is 3.07. The van der Waals surface area contributed by atoms with Crippen LogP contribution < -0.4 is 4.74 Å². The Bertz CT molecular complexity index is 421. The van der Waals surface area contributed by atoms with Gasteiger partial charge >= 0.3 is 5.97 Å². The molecule has 0 aromatic heterocycles. The Labute approximate surface area is 99.8 Å². The quantitative estimate of drug-likeness (QED) is 0.832. The Morgan fingerprint density at radius 3 is 2.65 bits per heavy atom. The fraction of sp³-hybridized carbons (Fsp3) is 0.462. The normalized spacial score (nSPS) is 27.3. The molecule has 0 amide bonds. The summed E-state index contributed by atoms with van der Waals surface area (Å²) in [6.45, 7) is 2.36. The molecule has 1 fully saturated rings. The molecular weight excluding hydrogens is 220 g/mol. The lowest BCUT2D eigenvalue weighted by atomic mass is 9.62. The molecule has 1 aromatic carbocycles. The predicted octanol–water partition coefficient (Wildman–Crippen LogP) is 1.56. The zero-order valence-electron chi connectivity index (χ0n) is 9.72. The van der Waals surface area contributed by atoms with E-state index in [9.17, 15) is 15.0 Å². The molecule has 1 aromatic rings. The van der Waals surface area contributed by atoms with Crippen molar-refractivity contribution >= 4 is 5.97 Å². The summed E-state index contributed by atoms with van der Waals surface area (Å²) < 4.78 is 5.46. The monoisotopic (exact) mass is 236 g/mol. The third-order valence-electron chi connectivity index (χ3n) is 3.28. The van der Waals surface area contributed by atoms with Gasteiger partial charge in [0.05, 0.1) is 12.7 Å². The molecule has 0 radical (unpaired) electrons. The van der Waals surface area contributed by atoms with Crippen molar-refractivity contribution in [2.45, 2.75) is 31.3 Å². The molecule has 0 unspecified atom stereocenters. The van der Waals surface area contributed by atoms with Gasteiger partial charge in [-0.1, -0.05) is 18.2 Å². The molecule has 92 valence electrons. The summed E-state index contributed by atoms with van der Waals surface area (Å²) in [7, 11) is 0. The van der Waals surface area contributed by atoms with Crippen LogP contribution in [0, 0.1) is 0 Å². The second-order valence-electron chi connectivity index (χ2n) is 4.38. The van der Waals surface area contributed by atoms with Crippen molar-refractivity contribution in [1.82, 2.24) is 0 Å². The summed E-state index contributed by atoms with van der Waals surface area (Å²) >= 11 is 0. The van der Waals surface area contributed by atoms with Gasteiger partial charge in [-0.2, -0.15) is 0 Å². The van der Waals surface area contributed by atoms with Crippen LogP contribution in [0.2, 0.25) is 0 Å². The number of aliphatic hydroxyl groups excluding tert-OH is 1. The first-order valence-electron chi connectivity index (χ1n) is 5.74. The minimum atomic E-state index is -0.981.